The Hall–Kier alpha value is -2.71. The third kappa shape index (κ3) is 3.03. The molecule has 1 aromatic heterocycles. The maximum atomic E-state index is 12.9. The molecular weight excluding hydrogens is 436 g/mol. The molecule has 3 aromatic rings. The van der Waals surface area contributed by atoms with Gasteiger partial charge >= 0.3 is 0 Å². The van der Waals surface area contributed by atoms with Gasteiger partial charge in [-0.15, -0.1) is 0 Å². The van der Waals surface area contributed by atoms with Gasteiger partial charge in [0.25, 0.3) is 5.56 Å². The van der Waals surface area contributed by atoms with Crippen molar-refractivity contribution in [3.63, 3.8) is 0 Å². The molecule has 7 nitrogen and oxygen atoms in total. The molecule has 1 N–H and O–H groups in total. The molecule has 1 saturated heterocycles. The topological polar surface area (TPSA) is 78.3 Å². The van der Waals surface area contributed by atoms with Crippen LogP contribution in [0.1, 0.15) is 12.8 Å². The zero-order valence-electron chi connectivity index (χ0n) is 15.8. The van der Waals surface area contributed by atoms with Crippen molar-refractivity contribution in [2.24, 2.45) is 0 Å². The number of fused-ring (bicyclic) bond motifs is 4. The van der Waals surface area contributed by atoms with Gasteiger partial charge in [0.1, 0.15) is 11.4 Å². The fourth-order valence-corrected chi connectivity index (χ4v) is 4.31. The van der Waals surface area contributed by atoms with Crippen LogP contribution in [0.4, 0.5) is 5.69 Å². The number of hydrogen-bond acceptors (Lipinski definition) is 6. The van der Waals surface area contributed by atoms with Crippen LogP contribution in [0.15, 0.2) is 51.7 Å². The minimum absolute atomic E-state index is 0.322. The first kappa shape index (κ1) is 18.3. The number of aromatic nitrogens is 3. The van der Waals surface area contributed by atoms with Crippen molar-refractivity contribution in [3.8, 4) is 28.4 Å². The first-order chi connectivity index (χ1) is 14.1. The largest absolute Gasteiger partial charge is 0.497 e. The Balaban J connectivity index is 1.73. The van der Waals surface area contributed by atoms with E-state index >= 15 is 0 Å². The van der Waals surface area contributed by atoms with Crippen LogP contribution in [0.3, 0.4) is 0 Å². The van der Waals surface area contributed by atoms with E-state index in [1.165, 1.54) is 0 Å². The summed E-state index contributed by atoms with van der Waals surface area (Å²) in [7, 11) is 1.61. The molecule has 148 valence electrons. The van der Waals surface area contributed by atoms with Crippen molar-refractivity contribution in [1.82, 2.24) is 14.8 Å². The lowest BCUT2D eigenvalue weighted by atomic mass is 9.95. The molecule has 5 rings (SSSR count). The SMILES string of the molecule is COc1ccc(-c2nn3c(nc2=O)-c2cc(Br)ccc2NC32CCOCC2)cc1. The maximum Gasteiger partial charge on any atom is 0.300 e. The van der Waals surface area contributed by atoms with Crippen LogP contribution >= 0.6 is 15.9 Å². The number of anilines is 1. The number of benzene rings is 2. The van der Waals surface area contributed by atoms with Crippen molar-refractivity contribution < 1.29 is 9.47 Å². The molecular formula is C21H19BrN4O3. The van der Waals surface area contributed by atoms with Gasteiger partial charge in [0, 0.05) is 34.1 Å². The Morgan fingerprint density at radius 3 is 2.66 bits per heavy atom. The summed E-state index contributed by atoms with van der Waals surface area (Å²) in [6.07, 6.45) is 1.46. The van der Waals surface area contributed by atoms with Gasteiger partial charge in [0.2, 0.25) is 0 Å². The van der Waals surface area contributed by atoms with E-state index in [4.69, 9.17) is 14.6 Å². The predicted molar refractivity (Wildman–Crippen MR) is 113 cm³/mol. The highest BCUT2D eigenvalue weighted by Crippen LogP contribution is 2.42. The fourth-order valence-electron chi connectivity index (χ4n) is 3.95. The zero-order valence-corrected chi connectivity index (χ0v) is 17.4. The Morgan fingerprint density at radius 2 is 1.93 bits per heavy atom. The molecule has 1 fully saturated rings. The molecule has 29 heavy (non-hydrogen) atoms. The van der Waals surface area contributed by atoms with Gasteiger partial charge in [-0.1, -0.05) is 15.9 Å². The molecule has 1 spiro atoms. The smallest absolute Gasteiger partial charge is 0.300 e. The molecule has 8 heteroatoms. The Morgan fingerprint density at radius 1 is 1.17 bits per heavy atom. The van der Waals surface area contributed by atoms with Crippen LogP contribution in [-0.2, 0) is 10.4 Å². The summed E-state index contributed by atoms with van der Waals surface area (Å²) in [4.78, 5) is 17.4. The van der Waals surface area contributed by atoms with E-state index in [-0.39, 0.29) is 5.56 Å². The third-order valence-corrected chi connectivity index (χ3v) is 5.98. The summed E-state index contributed by atoms with van der Waals surface area (Å²) in [5.74, 6) is 1.30. The van der Waals surface area contributed by atoms with E-state index < -0.39 is 5.66 Å². The predicted octanol–water partition coefficient (Wildman–Crippen LogP) is 3.63. The van der Waals surface area contributed by atoms with Gasteiger partial charge < -0.3 is 14.8 Å². The van der Waals surface area contributed by atoms with Crippen LogP contribution in [0, 0.1) is 0 Å². The summed E-state index contributed by atoms with van der Waals surface area (Å²) in [6, 6.07) is 13.2. The second-order valence-electron chi connectivity index (χ2n) is 7.19. The minimum Gasteiger partial charge on any atom is -0.497 e. The number of nitrogens with one attached hydrogen (secondary N) is 1. The second-order valence-corrected chi connectivity index (χ2v) is 8.10. The molecule has 0 bridgehead atoms. The molecule has 0 amide bonds. The minimum atomic E-state index is -0.476. The molecule has 2 aliphatic rings. The normalized spacial score (nSPS) is 16.6. The van der Waals surface area contributed by atoms with E-state index in [1.807, 2.05) is 47.1 Å². The average Bonchev–Trinajstić information content (AvgIpc) is 2.75. The van der Waals surface area contributed by atoms with Crippen LogP contribution in [0.25, 0.3) is 22.6 Å². The number of ether oxygens (including phenoxy) is 2. The van der Waals surface area contributed by atoms with E-state index in [0.29, 0.717) is 30.3 Å². The van der Waals surface area contributed by atoms with Gasteiger partial charge in [-0.05, 0) is 42.5 Å². The average molecular weight is 455 g/mol. The molecule has 0 atom stereocenters. The summed E-state index contributed by atoms with van der Waals surface area (Å²) < 4.78 is 13.6. The molecule has 0 radical (unpaired) electrons. The molecule has 0 aliphatic carbocycles. The summed E-state index contributed by atoms with van der Waals surface area (Å²) in [5, 5.41) is 8.46. The fraction of sp³-hybridized carbons (Fsp3) is 0.286. The highest BCUT2D eigenvalue weighted by Gasteiger charge is 2.41. The van der Waals surface area contributed by atoms with Crippen LogP contribution in [0.2, 0.25) is 0 Å². The number of nitrogens with zero attached hydrogens (tertiary/aromatic N) is 3. The van der Waals surface area contributed by atoms with Crippen molar-refractivity contribution in [3.05, 3.63) is 57.3 Å². The van der Waals surface area contributed by atoms with Gasteiger partial charge in [0.15, 0.2) is 11.5 Å². The zero-order chi connectivity index (χ0) is 20.0. The third-order valence-electron chi connectivity index (χ3n) is 5.49. The Kier molecular flexibility index (Phi) is 4.40. The first-order valence-electron chi connectivity index (χ1n) is 9.42. The van der Waals surface area contributed by atoms with Crippen molar-refractivity contribution >= 4 is 21.6 Å². The van der Waals surface area contributed by atoms with Crippen LogP contribution in [-0.4, -0.2) is 35.1 Å². The Labute approximate surface area is 175 Å². The quantitative estimate of drug-likeness (QED) is 0.636. The Bertz CT molecular complexity index is 1140. The lowest BCUT2D eigenvalue weighted by Gasteiger charge is -2.43. The highest BCUT2D eigenvalue weighted by atomic mass is 79.9. The van der Waals surface area contributed by atoms with Crippen LogP contribution in [0.5, 0.6) is 5.75 Å². The molecule has 0 unspecified atom stereocenters. The van der Waals surface area contributed by atoms with Crippen molar-refractivity contribution in [2.75, 3.05) is 25.6 Å². The van der Waals surface area contributed by atoms with Crippen molar-refractivity contribution in [2.45, 2.75) is 18.5 Å². The standard InChI is InChI=1S/C21H19BrN4O3/c1-28-15-5-2-13(3-6-15)18-20(27)23-19-16-12-14(22)4-7-17(16)24-21(26(19)25-18)8-10-29-11-9-21/h2-7,12,24H,8-11H2,1H3. The van der Waals surface area contributed by atoms with E-state index in [9.17, 15) is 4.79 Å². The monoisotopic (exact) mass is 454 g/mol. The first-order valence-corrected chi connectivity index (χ1v) is 10.2. The van der Waals surface area contributed by atoms with Gasteiger partial charge in [-0.2, -0.15) is 10.1 Å². The van der Waals surface area contributed by atoms with E-state index in [1.54, 1.807) is 7.11 Å². The van der Waals surface area contributed by atoms with Gasteiger partial charge in [0.05, 0.1) is 20.3 Å². The summed E-state index contributed by atoms with van der Waals surface area (Å²) >= 11 is 3.52. The van der Waals surface area contributed by atoms with Crippen molar-refractivity contribution in [1.29, 1.82) is 0 Å². The lowest BCUT2D eigenvalue weighted by Crippen LogP contribution is -2.50. The molecule has 0 saturated carbocycles. The molecule has 2 aromatic carbocycles. The van der Waals surface area contributed by atoms with Gasteiger partial charge in [-0.25, -0.2) is 4.68 Å². The number of halogens is 1. The van der Waals surface area contributed by atoms with E-state index in [2.05, 4.69) is 26.2 Å². The lowest BCUT2D eigenvalue weighted by molar-refractivity contribution is 0.0273. The van der Waals surface area contributed by atoms with Crippen LogP contribution < -0.4 is 15.6 Å². The number of hydrogen-bond donors (Lipinski definition) is 1. The second kappa shape index (κ2) is 6.96. The number of methoxy groups -OCH3 is 1. The molecule has 2 aliphatic heterocycles. The summed E-state index contributed by atoms with van der Waals surface area (Å²) in [6.45, 7) is 1.23. The number of rotatable bonds is 2. The van der Waals surface area contributed by atoms with E-state index in [0.717, 1.165) is 34.3 Å². The molecule has 3 heterocycles. The highest BCUT2D eigenvalue weighted by molar-refractivity contribution is 9.10. The maximum absolute atomic E-state index is 12.9. The van der Waals surface area contributed by atoms with Gasteiger partial charge in [-0.3, -0.25) is 4.79 Å². The summed E-state index contributed by atoms with van der Waals surface area (Å²) in [5.41, 5.74) is 2.00.